The van der Waals surface area contributed by atoms with Gasteiger partial charge in [0, 0.05) is 5.70 Å². The number of nitrogens with one attached hydrogen (secondary N) is 1. The summed E-state index contributed by atoms with van der Waals surface area (Å²) in [5.74, 6) is -0.152. The lowest BCUT2D eigenvalue weighted by Gasteiger charge is -2.30. The third-order valence-corrected chi connectivity index (χ3v) is 4.57. The molecular weight excluding hydrogens is 345 g/mol. The molecule has 1 aliphatic rings. The van der Waals surface area contributed by atoms with Crippen LogP contribution in [0.5, 0.6) is 0 Å². The van der Waals surface area contributed by atoms with Crippen molar-refractivity contribution in [1.29, 1.82) is 0 Å². The van der Waals surface area contributed by atoms with Gasteiger partial charge in [-0.1, -0.05) is 36.9 Å². The van der Waals surface area contributed by atoms with Crippen LogP contribution in [0.1, 0.15) is 18.5 Å². The van der Waals surface area contributed by atoms with Gasteiger partial charge < -0.3 is 10.1 Å². The Morgan fingerprint density at radius 1 is 1.30 bits per heavy atom. The molecule has 0 saturated heterocycles. The predicted molar refractivity (Wildman–Crippen MR) is 102 cm³/mol. The van der Waals surface area contributed by atoms with E-state index >= 15 is 0 Å². The summed E-state index contributed by atoms with van der Waals surface area (Å²) < 4.78 is 20.8. The average Bonchev–Trinajstić information content (AvgIpc) is 3.03. The number of benzene rings is 2. The van der Waals surface area contributed by atoms with Crippen molar-refractivity contribution in [3.05, 3.63) is 83.8 Å². The Labute approximate surface area is 155 Å². The third-order valence-electron chi connectivity index (χ3n) is 4.57. The molecule has 3 aromatic rings. The summed E-state index contributed by atoms with van der Waals surface area (Å²) in [7, 11) is 0. The van der Waals surface area contributed by atoms with Crippen molar-refractivity contribution in [3.8, 4) is 0 Å². The van der Waals surface area contributed by atoms with Crippen molar-refractivity contribution in [2.24, 2.45) is 0 Å². The summed E-state index contributed by atoms with van der Waals surface area (Å²) in [4.78, 5) is 17.4. The first-order valence-corrected chi connectivity index (χ1v) is 8.58. The summed E-state index contributed by atoms with van der Waals surface area (Å²) in [5.41, 5.74) is 3.56. The van der Waals surface area contributed by atoms with E-state index in [0.717, 1.165) is 16.6 Å². The van der Waals surface area contributed by atoms with E-state index in [9.17, 15) is 9.18 Å². The fourth-order valence-electron chi connectivity index (χ4n) is 3.40. The Morgan fingerprint density at radius 2 is 2.04 bits per heavy atom. The third kappa shape index (κ3) is 2.89. The maximum Gasteiger partial charge on any atom is 0.338 e. The number of aromatic nitrogens is 2. The minimum absolute atomic E-state index is 0.114. The van der Waals surface area contributed by atoms with Crippen LogP contribution in [0.3, 0.4) is 0 Å². The highest BCUT2D eigenvalue weighted by Gasteiger charge is 2.34. The summed E-state index contributed by atoms with van der Waals surface area (Å²) in [6.07, 6.45) is 1.52. The molecule has 0 saturated carbocycles. The van der Waals surface area contributed by atoms with E-state index in [1.807, 2.05) is 35.8 Å². The van der Waals surface area contributed by atoms with Crippen molar-refractivity contribution in [2.75, 3.05) is 11.9 Å². The van der Waals surface area contributed by atoms with Crippen LogP contribution in [-0.2, 0) is 9.53 Å². The number of ether oxygens (including phenoxy) is 1. The molecule has 136 valence electrons. The number of carbonyl (C=O) groups is 1. The van der Waals surface area contributed by atoms with Crippen molar-refractivity contribution in [2.45, 2.75) is 13.0 Å². The molecule has 4 rings (SSSR count). The van der Waals surface area contributed by atoms with Gasteiger partial charge in [-0.3, -0.25) is 4.57 Å². The molecule has 1 N–H and O–H groups in total. The average molecular weight is 363 g/mol. The molecule has 0 aliphatic carbocycles. The quantitative estimate of drug-likeness (QED) is 0.558. The number of anilines is 1. The topological polar surface area (TPSA) is 56.1 Å². The van der Waals surface area contributed by atoms with Crippen molar-refractivity contribution in [1.82, 2.24) is 9.55 Å². The number of esters is 1. The molecule has 0 radical (unpaired) electrons. The van der Waals surface area contributed by atoms with Gasteiger partial charge >= 0.3 is 5.97 Å². The zero-order chi connectivity index (χ0) is 19.0. The number of hydrogen-bond acceptors (Lipinski definition) is 4. The first kappa shape index (κ1) is 17.0. The van der Waals surface area contributed by atoms with Crippen LogP contribution in [-0.4, -0.2) is 22.1 Å². The monoisotopic (exact) mass is 363 g/mol. The number of nitrogens with zero attached hydrogens (tertiary/aromatic N) is 2. The minimum atomic E-state index is -0.480. The lowest BCUT2D eigenvalue weighted by molar-refractivity contribution is -0.138. The van der Waals surface area contributed by atoms with E-state index in [-0.39, 0.29) is 12.4 Å². The zero-order valence-corrected chi connectivity index (χ0v) is 14.8. The Bertz CT molecular complexity index is 1070. The number of fused-ring (bicyclic) bond motifs is 3. The highest BCUT2D eigenvalue weighted by atomic mass is 19.1. The zero-order valence-electron chi connectivity index (χ0n) is 14.8. The van der Waals surface area contributed by atoms with Crippen LogP contribution in [0.4, 0.5) is 10.3 Å². The molecule has 5 nitrogen and oxygen atoms in total. The fourth-order valence-corrected chi connectivity index (χ4v) is 3.40. The van der Waals surface area contributed by atoms with Gasteiger partial charge in [-0.25, -0.2) is 14.2 Å². The molecule has 0 bridgehead atoms. The molecule has 2 aromatic carbocycles. The van der Waals surface area contributed by atoms with Crippen molar-refractivity contribution >= 4 is 23.0 Å². The number of carbonyl (C=O) groups excluding carboxylic acids is 1. The Hall–Kier alpha value is -3.41. The van der Waals surface area contributed by atoms with E-state index in [2.05, 4.69) is 16.9 Å². The first-order chi connectivity index (χ1) is 13.1. The summed E-state index contributed by atoms with van der Waals surface area (Å²) in [6, 6.07) is 13.3. The predicted octanol–water partition coefficient (Wildman–Crippen LogP) is 4.19. The van der Waals surface area contributed by atoms with Crippen LogP contribution in [0.2, 0.25) is 0 Å². The molecule has 1 atom stereocenters. The van der Waals surface area contributed by atoms with Crippen LogP contribution in [0.15, 0.2) is 72.5 Å². The number of para-hydroxylation sites is 2. The molecule has 1 aromatic heterocycles. The minimum Gasteiger partial charge on any atom is -0.458 e. The van der Waals surface area contributed by atoms with E-state index in [0.29, 0.717) is 17.2 Å². The Kier molecular flexibility index (Phi) is 4.24. The normalized spacial score (nSPS) is 16.0. The van der Waals surface area contributed by atoms with Gasteiger partial charge in [-0.2, -0.15) is 0 Å². The molecule has 0 unspecified atom stereocenters. The van der Waals surface area contributed by atoms with E-state index in [4.69, 9.17) is 4.74 Å². The van der Waals surface area contributed by atoms with E-state index < -0.39 is 12.0 Å². The lowest BCUT2D eigenvalue weighted by atomic mass is 9.95. The first-order valence-electron chi connectivity index (χ1n) is 8.58. The van der Waals surface area contributed by atoms with Crippen LogP contribution >= 0.6 is 0 Å². The molecule has 0 fully saturated rings. The fraction of sp³-hybridized carbons (Fsp3) is 0.143. The van der Waals surface area contributed by atoms with Crippen LogP contribution < -0.4 is 5.32 Å². The van der Waals surface area contributed by atoms with E-state index in [1.54, 1.807) is 12.1 Å². The molecule has 1 aliphatic heterocycles. The molecule has 2 heterocycles. The molecule has 0 amide bonds. The highest BCUT2D eigenvalue weighted by Crippen LogP contribution is 2.39. The van der Waals surface area contributed by atoms with Gasteiger partial charge in [0.05, 0.1) is 22.6 Å². The molecule has 0 spiro atoms. The smallest absolute Gasteiger partial charge is 0.338 e. The maximum atomic E-state index is 13.5. The largest absolute Gasteiger partial charge is 0.458 e. The Balaban J connectivity index is 1.93. The Morgan fingerprint density at radius 3 is 2.78 bits per heavy atom. The second-order valence-corrected chi connectivity index (χ2v) is 6.30. The number of hydrogen-bond donors (Lipinski definition) is 1. The number of halogens is 1. The molecule has 27 heavy (non-hydrogen) atoms. The highest BCUT2D eigenvalue weighted by molar-refractivity contribution is 5.94. The second kappa shape index (κ2) is 6.72. The standard InChI is InChI=1S/C21H18FN3O2/c1-3-12-27-20(26)18-13(2)23-21-24-16-6-4-5-7-17(16)25(21)19(18)14-8-10-15(22)11-9-14/h3-11,19H,1,12H2,2H3,(H,23,24)/t19-/m1/s1. The van der Waals surface area contributed by atoms with Gasteiger partial charge in [-0.05, 0) is 36.8 Å². The summed E-state index contributed by atoms with van der Waals surface area (Å²) >= 11 is 0. The SMILES string of the molecule is C=CCOC(=O)C1=C(C)Nc2nc3ccccc3n2[C@@H]1c1ccc(F)cc1. The van der Waals surface area contributed by atoms with Crippen molar-refractivity contribution < 1.29 is 13.9 Å². The van der Waals surface area contributed by atoms with Gasteiger partial charge in [-0.15, -0.1) is 0 Å². The van der Waals surface area contributed by atoms with Crippen molar-refractivity contribution in [3.63, 3.8) is 0 Å². The second-order valence-electron chi connectivity index (χ2n) is 6.30. The summed E-state index contributed by atoms with van der Waals surface area (Å²) in [6.45, 7) is 5.51. The number of allylic oxidation sites excluding steroid dienone is 1. The number of imidazole rings is 1. The van der Waals surface area contributed by atoms with Gasteiger partial charge in [0.2, 0.25) is 5.95 Å². The summed E-state index contributed by atoms with van der Waals surface area (Å²) in [5, 5.41) is 3.20. The van der Waals surface area contributed by atoms with Gasteiger partial charge in [0.1, 0.15) is 12.4 Å². The van der Waals surface area contributed by atoms with Crippen LogP contribution in [0, 0.1) is 5.82 Å². The van der Waals surface area contributed by atoms with Gasteiger partial charge in [0.25, 0.3) is 0 Å². The van der Waals surface area contributed by atoms with E-state index in [1.165, 1.54) is 18.2 Å². The van der Waals surface area contributed by atoms with Crippen LogP contribution in [0.25, 0.3) is 11.0 Å². The molecular formula is C21H18FN3O2. The molecule has 6 heteroatoms. The maximum absolute atomic E-state index is 13.5. The lowest BCUT2D eigenvalue weighted by Crippen LogP contribution is -2.29. The number of rotatable bonds is 4. The van der Waals surface area contributed by atoms with Gasteiger partial charge in [0.15, 0.2) is 0 Å².